The molecule has 3 N–H and O–H groups in total. The summed E-state index contributed by atoms with van der Waals surface area (Å²) in [6, 6.07) is 1.79. The minimum atomic E-state index is -0.539. The van der Waals surface area contributed by atoms with Crippen molar-refractivity contribution < 1.29 is 4.39 Å². The molecule has 0 amide bonds. The molecule has 0 saturated heterocycles. The summed E-state index contributed by atoms with van der Waals surface area (Å²) in [5, 5.41) is 4.18. The van der Waals surface area contributed by atoms with Crippen LogP contribution in [0.4, 0.5) is 10.2 Å². The Morgan fingerprint density at radius 3 is 2.89 bits per heavy atom. The zero-order valence-electron chi connectivity index (χ0n) is 10.3. The number of hydrazine groups is 1. The third-order valence-electron chi connectivity index (χ3n) is 2.53. The smallest absolute Gasteiger partial charge is 0.187 e. The molecule has 0 aliphatic heterocycles. The topological polar surface area (TPSA) is 81.7 Å². The van der Waals surface area contributed by atoms with Crippen molar-refractivity contribution in [3.63, 3.8) is 0 Å². The third-order valence-corrected chi connectivity index (χ3v) is 2.53. The van der Waals surface area contributed by atoms with Crippen molar-refractivity contribution in [2.45, 2.75) is 26.8 Å². The van der Waals surface area contributed by atoms with E-state index in [1.54, 1.807) is 23.9 Å². The van der Waals surface area contributed by atoms with Gasteiger partial charge in [-0.2, -0.15) is 5.10 Å². The van der Waals surface area contributed by atoms with Gasteiger partial charge in [0.25, 0.3) is 0 Å². The van der Waals surface area contributed by atoms with Crippen LogP contribution in [0.1, 0.15) is 19.0 Å². The van der Waals surface area contributed by atoms with Gasteiger partial charge >= 0.3 is 0 Å². The molecule has 0 fully saturated rings. The molecule has 7 heteroatoms. The minimum Gasteiger partial charge on any atom is -0.306 e. The number of hydrogen-bond donors (Lipinski definition) is 2. The maximum atomic E-state index is 13.6. The second-order valence-electron chi connectivity index (χ2n) is 3.88. The maximum absolute atomic E-state index is 13.6. The van der Waals surface area contributed by atoms with Crippen LogP contribution in [0.15, 0.2) is 12.3 Å². The molecule has 2 heterocycles. The van der Waals surface area contributed by atoms with E-state index in [1.165, 1.54) is 0 Å². The number of hydrogen-bond acceptors (Lipinski definition) is 5. The fourth-order valence-electron chi connectivity index (χ4n) is 1.68. The molecule has 0 radical (unpaired) electrons. The van der Waals surface area contributed by atoms with Crippen LogP contribution < -0.4 is 11.3 Å². The first kappa shape index (κ1) is 12.4. The van der Waals surface area contributed by atoms with Crippen LogP contribution in [-0.2, 0) is 6.54 Å². The van der Waals surface area contributed by atoms with Gasteiger partial charge in [0.2, 0.25) is 0 Å². The molecule has 0 aliphatic rings. The third kappa shape index (κ3) is 2.17. The van der Waals surface area contributed by atoms with Crippen molar-refractivity contribution in [3.8, 4) is 11.5 Å². The number of nitrogens with one attached hydrogen (secondary N) is 1. The summed E-state index contributed by atoms with van der Waals surface area (Å²) in [4.78, 5) is 8.18. The first-order valence-electron chi connectivity index (χ1n) is 5.70. The summed E-state index contributed by atoms with van der Waals surface area (Å²) in [7, 11) is 0. The molecule has 0 aliphatic carbocycles. The van der Waals surface area contributed by atoms with Crippen LogP contribution in [0, 0.1) is 12.7 Å². The lowest BCUT2D eigenvalue weighted by Crippen LogP contribution is -2.14. The normalized spacial score (nSPS) is 10.7. The average molecular weight is 250 g/mol. The quantitative estimate of drug-likeness (QED) is 0.634. The number of nitrogens with zero attached hydrogens (tertiary/aromatic N) is 4. The van der Waals surface area contributed by atoms with E-state index in [4.69, 9.17) is 5.84 Å². The summed E-state index contributed by atoms with van der Waals surface area (Å²) >= 11 is 0. The highest BCUT2D eigenvalue weighted by Gasteiger charge is 2.14. The van der Waals surface area contributed by atoms with Crippen LogP contribution in [0.25, 0.3) is 11.5 Å². The molecule has 0 saturated carbocycles. The van der Waals surface area contributed by atoms with Gasteiger partial charge in [-0.05, 0) is 19.4 Å². The number of nitrogen functional groups attached to an aromatic ring is 1. The summed E-state index contributed by atoms with van der Waals surface area (Å²) in [6.07, 6.45) is 2.61. The lowest BCUT2D eigenvalue weighted by molar-refractivity contribution is 0.596. The second-order valence-corrected chi connectivity index (χ2v) is 3.88. The fourth-order valence-corrected chi connectivity index (χ4v) is 1.68. The van der Waals surface area contributed by atoms with Crippen LogP contribution in [0.2, 0.25) is 0 Å². The maximum Gasteiger partial charge on any atom is 0.187 e. The Kier molecular flexibility index (Phi) is 3.52. The first-order valence-corrected chi connectivity index (χ1v) is 5.70. The Labute approximate surface area is 104 Å². The van der Waals surface area contributed by atoms with Crippen molar-refractivity contribution in [3.05, 3.63) is 23.8 Å². The lowest BCUT2D eigenvalue weighted by Gasteiger charge is -2.08. The van der Waals surface area contributed by atoms with Gasteiger partial charge in [0.15, 0.2) is 17.5 Å². The molecule has 2 aromatic rings. The number of anilines is 1. The molecule has 0 aromatic carbocycles. The van der Waals surface area contributed by atoms with Crippen LogP contribution >= 0.6 is 0 Å². The van der Waals surface area contributed by atoms with Gasteiger partial charge in [0, 0.05) is 12.7 Å². The molecule has 2 rings (SSSR count). The van der Waals surface area contributed by atoms with Crippen molar-refractivity contribution in [1.29, 1.82) is 0 Å². The fraction of sp³-hybridized carbons (Fsp3) is 0.364. The van der Waals surface area contributed by atoms with Crippen molar-refractivity contribution in [2.75, 3.05) is 5.43 Å². The Morgan fingerprint density at radius 2 is 2.22 bits per heavy atom. The molecule has 6 nitrogen and oxygen atoms in total. The van der Waals surface area contributed by atoms with Gasteiger partial charge in [-0.25, -0.2) is 20.2 Å². The molecule has 0 bridgehead atoms. The van der Waals surface area contributed by atoms with E-state index in [0.29, 0.717) is 5.82 Å². The highest BCUT2D eigenvalue weighted by atomic mass is 19.1. The first-order chi connectivity index (χ1) is 8.67. The SMILES string of the molecule is CCCn1nccc1-c1nc(C)c(F)c(NN)n1. The van der Waals surface area contributed by atoms with E-state index >= 15 is 0 Å². The van der Waals surface area contributed by atoms with E-state index in [2.05, 4.69) is 27.4 Å². The Bertz CT molecular complexity index is 550. The number of nitrogens with two attached hydrogens (primary N) is 1. The molecule has 2 aromatic heterocycles. The number of rotatable bonds is 4. The second kappa shape index (κ2) is 5.09. The summed E-state index contributed by atoms with van der Waals surface area (Å²) in [5.41, 5.74) is 3.23. The van der Waals surface area contributed by atoms with Gasteiger partial charge in [-0.3, -0.25) is 4.68 Å². The van der Waals surface area contributed by atoms with E-state index in [0.717, 1.165) is 18.7 Å². The summed E-state index contributed by atoms with van der Waals surface area (Å²) in [5.74, 6) is 5.09. The number of aryl methyl sites for hydroxylation is 2. The van der Waals surface area contributed by atoms with Crippen LogP contribution in [0.3, 0.4) is 0 Å². The van der Waals surface area contributed by atoms with E-state index in [1.807, 2.05) is 0 Å². The van der Waals surface area contributed by atoms with Crippen LogP contribution in [0.5, 0.6) is 0 Å². The van der Waals surface area contributed by atoms with Gasteiger partial charge in [0.1, 0.15) is 5.69 Å². The predicted molar refractivity (Wildman–Crippen MR) is 66.0 cm³/mol. The Hall–Kier alpha value is -2.02. The molecule has 0 unspecified atom stereocenters. The molecule has 96 valence electrons. The standard InChI is InChI=1S/C11H15FN6/c1-3-6-18-8(4-5-14-18)10-15-7(2)9(12)11(16-10)17-13/h4-5H,3,6,13H2,1-2H3,(H,15,16,17). The average Bonchev–Trinajstić information content (AvgIpc) is 2.81. The minimum absolute atomic E-state index is 0.0123. The lowest BCUT2D eigenvalue weighted by atomic mass is 10.3. The Balaban J connectivity index is 2.50. The van der Waals surface area contributed by atoms with Crippen molar-refractivity contribution >= 4 is 5.82 Å². The zero-order valence-corrected chi connectivity index (χ0v) is 10.3. The number of aromatic nitrogens is 4. The molecule has 18 heavy (non-hydrogen) atoms. The molecular formula is C11H15FN6. The number of halogens is 1. The van der Waals surface area contributed by atoms with Crippen LogP contribution in [-0.4, -0.2) is 19.7 Å². The molecule has 0 atom stereocenters. The monoisotopic (exact) mass is 250 g/mol. The molecule has 0 spiro atoms. The Morgan fingerprint density at radius 1 is 1.44 bits per heavy atom. The van der Waals surface area contributed by atoms with E-state index in [9.17, 15) is 4.39 Å². The van der Waals surface area contributed by atoms with Gasteiger partial charge in [0.05, 0.1) is 5.69 Å². The van der Waals surface area contributed by atoms with Crippen molar-refractivity contribution in [1.82, 2.24) is 19.7 Å². The largest absolute Gasteiger partial charge is 0.306 e. The van der Waals surface area contributed by atoms with Crippen molar-refractivity contribution in [2.24, 2.45) is 5.84 Å². The van der Waals surface area contributed by atoms with Gasteiger partial charge in [-0.15, -0.1) is 0 Å². The van der Waals surface area contributed by atoms with Gasteiger partial charge < -0.3 is 5.43 Å². The molecular weight excluding hydrogens is 235 g/mol. The summed E-state index contributed by atoms with van der Waals surface area (Å²) < 4.78 is 15.4. The van der Waals surface area contributed by atoms with Gasteiger partial charge in [-0.1, -0.05) is 6.92 Å². The zero-order chi connectivity index (χ0) is 13.1. The summed E-state index contributed by atoms with van der Waals surface area (Å²) in [6.45, 7) is 4.38. The van der Waals surface area contributed by atoms with E-state index in [-0.39, 0.29) is 11.5 Å². The highest BCUT2D eigenvalue weighted by molar-refractivity contribution is 5.53. The predicted octanol–water partition coefficient (Wildman–Crippen LogP) is 1.48. The highest BCUT2D eigenvalue weighted by Crippen LogP contribution is 2.20. The van der Waals surface area contributed by atoms with E-state index < -0.39 is 5.82 Å².